The van der Waals surface area contributed by atoms with E-state index in [2.05, 4.69) is 15.3 Å². The average molecular weight is 313 g/mol. The Hall–Kier alpha value is -2.15. The van der Waals surface area contributed by atoms with E-state index in [1.165, 1.54) is 13.1 Å². The first-order chi connectivity index (χ1) is 9.58. The number of carbonyl (C=O) groups excluding carboxylic acids is 2. The first-order valence-electron chi connectivity index (χ1n) is 6.09. The van der Waals surface area contributed by atoms with Crippen molar-refractivity contribution in [2.45, 2.75) is 33.2 Å². The lowest BCUT2D eigenvalue weighted by atomic mass is 10.1. The number of nitrogen functional groups attached to an aromatic ring is 1. The summed E-state index contributed by atoms with van der Waals surface area (Å²) in [5.74, 6) is -1.21. The second-order valence-corrected chi connectivity index (χ2v) is 5.70. The molecule has 0 aliphatic heterocycles. The van der Waals surface area contributed by atoms with Gasteiger partial charge in [0.2, 0.25) is 5.91 Å². The summed E-state index contributed by atoms with van der Waals surface area (Å²) in [5.41, 5.74) is 4.93. The Morgan fingerprint density at radius 2 is 2.05 bits per heavy atom. The van der Waals surface area contributed by atoms with Crippen molar-refractivity contribution in [2.75, 3.05) is 5.73 Å². The number of allylic oxidation sites excluding steroid dienone is 1. The van der Waals surface area contributed by atoms with Gasteiger partial charge >= 0.3 is 5.97 Å². The molecule has 0 fully saturated rings. The molecule has 1 aromatic heterocycles. The lowest BCUT2D eigenvalue weighted by Gasteiger charge is -2.19. The zero-order valence-corrected chi connectivity index (χ0v) is 13.0. The lowest BCUT2D eigenvalue weighted by Crippen LogP contribution is -2.39. The molecule has 1 amide bonds. The molecule has 8 heteroatoms. The summed E-state index contributed by atoms with van der Waals surface area (Å²) in [6, 6.07) is 0. The summed E-state index contributed by atoms with van der Waals surface area (Å²) in [6.07, 6.45) is 2.38. The summed E-state index contributed by atoms with van der Waals surface area (Å²) in [6.45, 7) is 6.97. The number of anilines is 1. The molecule has 0 aromatic carbocycles. The lowest BCUT2D eigenvalue weighted by molar-refractivity contribution is -0.117. The molecule has 1 rings (SSSR count). The molecule has 0 unspecified atom stereocenters. The van der Waals surface area contributed by atoms with Crippen LogP contribution in [0.25, 0.3) is 0 Å². The summed E-state index contributed by atoms with van der Waals surface area (Å²) in [5, 5.41) is 2.72. The minimum Gasteiger partial charge on any atom is -0.426 e. The summed E-state index contributed by atoms with van der Waals surface area (Å²) in [4.78, 5) is 31.0. The number of amides is 1. The Kier molecular flexibility index (Phi) is 5.26. The highest BCUT2D eigenvalue weighted by molar-refractivity contribution is 6.29. The monoisotopic (exact) mass is 312 g/mol. The first-order valence-corrected chi connectivity index (χ1v) is 6.47. The molecule has 0 saturated heterocycles. The van der Waals surface area contributed by atoms with Crippen molar-refractivity contribution < 1.29 is 14.3 Å². The van der Waals surface area contributed by atoms with Crippen LogP contribution in [0.1, 0.15) is 38.2 Å². The number of esters is 1. The summed E-state index contributed by atoms with van der Waals surface area (Å²) < 4.78 is 4.98. The summed E-state index contributed by atoms with van der Waals surface area (Å²) >= 11 is 5.64. The van der Waals surface area contributed by atoms with Gasteiger partial charge in [-0.3, -0.25) is 4.79 Å². The SMILES string of the molecule is C/C(=C\C(=O)NC(C)(C)C)OC(=O)c1nc(Cl)cnc1N. The van der Waals surface area contributed by atoms with E-state index >= 15 is 0 Å². The highest BCUT2D eigenvalue weighted by atomic mass is 35.5. The van der Waals surface area contributed by atoms with Gasteiger partial charge in [0.05, 0.1) is 6.20 Å². The van der Waals surface area contributed by atoms with Crippen LogP contribution < -0.4 is 11.1 Å². The predicted octanol–water partition coefficient (Wildman–Crippen LogP) is 1.69. The van der Waals surface area contributed by atoms with Crippen molar-refractivity contribution in [1.82, 2.24) is 15.3 Å². The number of nitrogens with zero attached hydrogens (tertiary/aromatic N) is 2. The average Bonchev–Trinajstić information content (AvgIpc) is 2.29. The number of nitrogens with two attached hydrogens (primary N) is 1. The standard InChI is InChI=1S/C13H17ClN4O3/c1-7(5-9(19)18-13(2,3)4)21-12(20)10-11(15)16-6-8(14)17-10/h5-6H,1-4H3,(H2,15,16)(H,18,19)/b7-5+. The van der Waals surface area contributed by atoms with Crippen molar-refractivity contribution >= 4 is 29.3 Å². The van der Waals surface area contributed by atoms with E-state index in [-0.39, 0.29) is 33.9 Å². The van der Waals surface area contributed by atoms with Gasteiger partial charge in [0.25, 0.3) is 0 Å². The van der Waals surface area contributed by atoms with Crippen molar-refractivity contribution in [3.8, 4) is 0 Å². The molecule has 0 aliphatic carbocycles. The molecule has 21 heavy (non-hydrogen) atoms. The number of rotatable bonds is 3. The molecule has 114 valence electrons. The molecule has 1 heterocycles. The molecule has 0 saturated carbocycles. The molecule has 0 aliphatic rings. The Morgan fingerprint density at radius 3 is 2.62 bits per heavy atom. The van der Waals surface area contributed by atoms with Gasteiger partial charge in [-0.05, 0) is 27.7 Å². The van der Waals surface area contributed by atoms with Gasteiger partial charge in [-0.25, -0.2) is 14.8 Å². The molecular formula is C13H17ClN4O3. The van der Waals surface area contributed by atoms with E-state index in [4.69, 9.17) is 22.1 Å². The zero-order chi connectivity index (χ0) is 16.2. The molecular weight excluding hydrogens is 296 g/mol. The number of aromatic nitrogens is 2. The Bertz CT molecular complexity index is 594. The third kappa shape index (κ3) is 5.78. The van der Waals surface area contributed by atoms with Gasteiger partial charge in [0.15, 0.2) is 11.5 Å². The topological polar surface area (TPSA) is 107 Å². The number of carbonyl (C=O) groups is 2. The van der Waals surface area contributed by atoms with Crippen LogP contribution in [-0.2, 0) is 9.53 Å². The minimum absolute atomic E-state index is 0.0169. The van der Waals surface area contributed by atoms with Crippen LogP contribution in [0, 0.1) is 0 Å². The molecule has 3 N–H and O–H groups in total. The maximum absolute atomic E-state index is 11.9. The smallest absolute Gasteiger partial charge is 0.365 e. The largest absolute Gasteiger partial charge is 0.426 e. The van der Waals surface area contributed by atoms with Gasteiger partial charge in [0.1, 0.15) is 10.9 Å². The van der Waals surface area contributed by atoms with Crippen LogP contribution in [-0.4, -0.2) is 27.4 Å². The van der Waals surface area contributed by atoms with Crippen LogP contribution >= 0.6 is 11.6 Å². The van der Waals surface area contributed by atoms with Gasteiger partial charge in [0, 0.05) is 11.6 Å². The van der Waals surface area contributed by atoms with E-state index < -0.39 is 5.97 Å². The fourth-order valence-corrected chi connectivity index (χ4v) is 1.47. The number of halogens is 1. The highest BCUT2D eigenvalue weighted by Gasteiger charge is 2.17. The van der Waals surface area contributed by atoms with Crippen molar-refractivity contribution in [3.05, 3.63) is 28.9 Å². The second kappa shape index (κ2) is 6.53. The Balaban J connectivity index is 2.78. The third-order valence-corrected chi connectivity index (χ3v) is 2.23. The van der Waals surface area contributed by atoms with E-state index in [0.717, 1.165) is 6.08 Å². The number of hydrogen-bond acceptors (Lipinski definition) is 6. The van der Waals surface area contributed by atoms with Gasteiger partial charge in [-0.1, -0.05) is 11.6 Å². The van der Waals surface area contributed by atoms with Crippen LogP contribution in [0.3, 0.4) is 0 Å². The van der Waals surface area contributed by atoms with E-state index in [9.17, 15) is 9.59 Å². The Morgan fingerprint density at radius 1 is 1.43 bits per heavy atom. The minimum atomic E-state index is -0.834. The maximum atomic E-state index is 11.9. The van der Waals surface area contributed by atoms with E-state index in [1.54, 1.807) is 0 Å². The molecule has 0 atom stereocenters. The van der Waals surface area contributed by atoms with Gasteiger partial charge in [-0.2, -0.15) is 0 Å². The van der Waals surface area contributed by atoms with Gasteiger partial charge < -0.3 is 15.8 Å². The predicted molar refractivity (Wildman–Crippen MR) is 78.5 cm³/mol. The van der Waals surface area contributed by atoms with Gasteiger partial charge in [-0.15, -0.1) is 0 Å². The molecule has 0 bridgehead atoms. The molecule has 0 radical (unpaired) electrons. The van der Waals surface area contributed by atoms with Crippen molar-refractivity contribution in [1.29, 1.82) is 0 Å². The third-order valence-electron chi connectivity index (χ3n) is 2.05. The van der Waals surface area contributed by atoms with Crippen molar-refractivity contribution in [3.63, 3.8) is 0 Å². The van der Waals surface area contributed by atoms with E-state index in [0.29, 0.717) is 0 Å². The van der Waals surface area contributed by atoms with E-state index in [1.807, 2.05) is 20.8 Å². The fraction of sp³-hybridized carbons (Fsp3) is 0.385. The van der Waals surface area contributed by atoms with Crippen LogP contribution in [0.15, 0.2) is 18.0 Å². The summed E-state index contributed by atoms with van der Waals surface area (Å²) in [7, 11) is 0. The number of nitrogens with one attached hydrogen (secondary N) is 1. The molecule has 0 spiro atoms. The fourth-order valence-electron chi connectivity index (χ4n) is 1.34. The quantitative estimate of drug-likeness (QED) is 0.499. The normalized spacial score (nSPS) is 12.0. The Labute approximate surface area is 127 Å². The maximum Gasteiger partial charge on any atom is 0.365 e. The second-order valence-electron chi connectivity index (χ2n) is 5.31. The molecule has 7 nitrogen and oxygen atoms in total. The molecule has 1 aromatic rings. The van der Waals surface area contributed by atoms with Crippen molar-refractivity contribution in [2.24, 2.45) is 0 Å². The van der Waals surface area contributed by atoms with Crippen LogP contribution in [0.4, 0.5) is 5.82 Å². The zero-order valence-electron chi connectivity index (χ0n) is 12.2. The highest BCUT2D eigenvalue weighted by Crippen LogP contribution is 2.13. The number of hydrogen-bond donors (Lipinski definition) is 2. The number of ether oxygens (including phenoxy) is 1. The first kappa shape index (κ1) is 16.9. The van der Waals surface area contributed by atoms with Crippen LogP contribution in [0.2, 0.25) is 5.15 Å². The van der Waals surface area contributed by atoms with Crippen LogP contribution in [0.5, 0.6) is 0 Å².